The Morgan fingerprint density at radius 2 is 2.04 bits per heavy atom. The van der Waals surface area contributed by atoms with E-state index in [2.05, 4.69) is 10.4 Å². The van der Waals surface area contributed by atoms with E-state index in [9.17, 15) is 13.2 Å². The van der Waals surface area contributed by atoms with Crippen molar-refractivity contribution >= 4 is 16.8 Å². The molecule has 1 aromatic heterocycles. The molecule has 4 aliphatic rings. The highest BCUT2D eigenvalue weighted by Crippen LogP contribution is 2.41. The molecule has 1 atom stereocenters. The van der Waals surface area contributed by atoms with Crippen LogP contribution in [0, 0.1) is 5.92 Å². The molecule has 25 heavy (non-hydrogen) atoms. The van der Waals surface area contributed by atoms with Gasteiger partial charge in [0.15, 0.2) is 5.84 Å². The first-order valence-electron chi connectivity index (χ1n) is 8.30. The van der Waals surface area contributed by atoms with Crippen LogP contribution < -0.4 is 5.48 Å². The average molecular weight is 351 g/mol. The zero-order valence-corrected chi connectivity index (χ0v) is 13.3. The van der Waals surface area contributed by atoms with E-state index in [1.807, 2.05) is 0 Å². The molecule has 132 valence electrons. The molecule has 6 rings (SSSR count). The lowest BCUT2D eigenvalue weighted by Gasteiger charge is -2.47. The van der Waals surface area contributed by atoms with Crippen LogP contribution >= 0.6 is 0 Å². The predicted octanol–water partition coefficient (Wildman–Crippen LogP) is 3.15. The molecule has 8 heteroatoms. The van der Waals surface area contributed by atoms with Gasteiger partial charge in [0.1, 0.15) is 17.4 Å². The number of aliphatic imine (C=N–C) groups is 1. The Labute approximate surface area is 141 Å². The minimum absolute atomic E-state index is 0.0318. The van der Waals surface area contributed by atoms with Crippen LogP contribution in [0.2, 0.25) is 0 Å². The van der Waals surface area contributed by atoms with Gasteiger partial charge in [-0.25, -0.2) is 15.3 Å². The number of furan rings is 1. The molecule has 0 saturated carbocycles. The van der Waals surface area contributed by atoms with Crippen molar-refractivity contribution in [2.75, 3.05) is 19.6 Å². The molecule has 1 spiro atoms. The first-order chi connectivity index (χ1) is 11.9. The van der Waals surface area contributed by atoms with E-state index in [1.165, 1.54) is 12.1 Å². The van der Waals surface area contributed by atoms with Crippen LogP contribution in [-0.2, 0) is 11.0 Å². The Bertz CT molecular complexity index is 868. The fourth-order valence-electron chi connectivity index (χ4n) is 4.12. The standard InChI is InChI=1S/C17H16F3N3O2/c18-17(19,20)13-8-24-14-2-1-10(7-12(13)14)15-21-16(25-22-15)9-23-5-3-11(16)4-6-23/h1-2,7-8,11H,3-6,9H2,(H,21,22)/t16-/m1/s1. The summed E-state index contributed by atoms with van der Waals surface area (Å²) in [6.45, 7) is 2.82. The summed E-state index contributed by atoms with van der Waals surface area (Å²) in [5.41, 5.74) is 2.21. The van der Waals surface area contributed by atoms with Gasteiger partial charge < -0.3 is 4.42 Å². The molecule has 0 amide bonds. The third-order valence-electron chi connectivity index (χ3n) is 5.45. The van der Waals surface area contributed by atoms with E-state index in [0.29, 0.717) is 17.3 Å². The van der Waals surface area contributed by atoms with Gasteiger partial charge in [-0.2, -0.15) is 13.2 Å². The lowest BCUT2D eigenvalue weighted by molar-refractivity contribution is -0.155. The van der Waals surface area contributed by atoms with Crippen molar-refractivity contribution in [1.29, 1.82) is 0 Å². The number of fused-ring (bicyclic) bond motifs is 3. The van der Waals surface area contributed by atoms with Gasteiger partial charge in [0, 0.05) is 16.9 Å². The van der Waals surface area contributed by atoms with E-state index < -0.39 is 17.5 Å². The van der Waals surface area contributed by atoms with Crippen molar-refractivity contribution in [2.24, 2.45) is 10.9 Å². The van der Waals surface area contributed by atoms with Crippen molar-refractivity contribution in [3.05, 3.63) is 35.6 Å². The van der Waals surface area contributed by atoms with Crippen molar-refractivity contribution in [3.63, 3.8) is 0 Å². The lowest BCUT2D eigenvalue weighted by Crippen LogP contribution is -2.58. The van der Waals surface area contributed by atoms with Crippen LogP contribution in [-0.4, -0.2) is 36.1 Å². The van der Waals surface area contributed by atoms with Crippen LogP contribution in [0.5, 0.6) is 0 Å². The molecule has 3 fully saturated rings. The summed E-state index contributed by atoms with van der Waals surface area (Å²) < 4.78 is 44.4. The molecule has 3 saturated heterocycles. The summed E-state index contributed by atoms with van der Waals surface area (Å²) in [5.74, 6) is 0.816. The van der Waals surface area contributed by atoms with Crippen molar-refractivity contribution in [3.8, 4) is 0 Å². The number of benzene rings is 1. The number of rotatable bonds is 1. The number of piperidine rings is 3. The highest BCUT2D eigenvalue weighted by atomic mass is 19.4. The zero-order chi connectivity index (χ0) is 17.2. The number of amidine groups is 1. The van der Waals surface area contributed by atoms with Crippen LogP contribution in [0.15, 0.2) is 33.9 Å². The summed E-state index contributed by atoms with van der Waals surface area (Å²) in [7, 11) is 0. The van der Waals surface area contributed by atoms with Crippen LogP contribution in [0.1, 0.15) is 24.0 Å². The maximum absolute atomic E-state index is 13.1. The monoisotopic (exact) mass is 351 g/mol. The highest BCUT2D eigenvalue weighted by molar-refractivity contribution is 6.02. The van der Waals surface area contributed by atoms with Crippen molar-refractivity contribution in [2.45, 2.75) is 24.7 Å². The lowest BCUT2D eigenvalue weighted by atomic mass is 9.81. The van der Waals surface area contributed by atoms with Gasteiger partial charge in [-0.1, -0.05) is 0 Å². The minimum Gasteiger partial charge on any atom is -0.464 e. The summed E-state index contributed by atoms with van der Waals surface area (Å²) in [4.78, 5) is 12.9. The van der Waals surface area contributed by atoms with Gasteiger partial charge >= 0.3 is 6.18 Å². The predicted molar refractivity (Wildman–Crippen MR) is 83.9 cm³/mol. The number of nitrogens with zero attached hydrogens (tertiary/aromatic N) is 2. The second-order valence-corrected chi connectivity index (χ2v) is 6.92. The number of halogens is 3. The number of nitrogens with one attached hydrogen (secondary N) is 1. The molecule has 2 aromatic rings. The quantitative estimate of drug-likeness (QED) is 0.858. The van der Waals surface area contributed by atoms with E-state index in [0.717, 1.165) is 38.7 Å². The van der Waals surface area contributed by atoms with Gasteiger partial charge in [0.2, 0.25) is 5.72 Å². The summed E-state index contributed by atoms with van der Waals surface area (Å²) in [6, 6.07) is 4.68. The third-order valence-corrected chi connectivity index (χ3v) is 5.45. The maximum atomic E-state index is 13.1. The fourth-order valence-corrected chi connectivity index (χ4v) is 4.12. The number of hydrogen-bond acceptors (Lipinski definition) is 5. The van der Waals surface area contributed by atoms with Crippen molar-refractivity contribution < 1.29 is 22.4 Å². The molecule has 1 N–H and O–H groups in total. The van der Waals surface area contributed by atoms with Crippen LogP contribution in [0.25, 0.3) is 11.0 Å². The maximum Gasteiger partial charge on any atom is 0.420 e. The molecular formula is C17H16F3N3O2. The second-order valence-electron chi connectivity index (χ2n) is 6.92. The van der Waals surface area contributed by atoms with Crippen LogP contribution in [0.3, 0.4) is 0 Å². The average Bonchev–Trinajstić information content (AvgIpc) is 3.19. The second kappa shape index (κ2) is 4.98. The minimum atomic E-state index is -4.46. The topological polar surface area (TPSA) is 50.0 Å². The van der Waals surface area contributed by atoms with Crippen molar-refractivity contribution in [1.82, 2.24) is 10.4 Å². The Hall–Kier alpha value is -2.06. The first-order valence-corrected chi connectivity index (χ1v) is 8.30. The van der Waals surface area contributed by atoms with Gasteiger partial charge in [0.05, 0.1) is 6.54 Å². The zero-order valence-electron chi connectivity index (χ0n) is 13.3. The van der Waals surface area contributed by atoms with E-state index in [1.54, 1.807) is 6.07 Å². The molecule has 1 aromatic carbocycles. The summed E-state index contributed by atoms with van der Waals surface area (Å²) >= 11 is 0. The van der Waals surface area contributed by atoms with Gasteiger partial charge in [-0.15, -0.1) is 0 Å². The Morgan fingerprint density at radius 1 is 1.24 bits per heavy atom. The van der Waals surface area contributed by atoms with E-state index >= 15 is 0 Å². The smallest absolute Gasteiger partial charge is 0.420 e. The number of hydroxylamine groups is 1. The third kappa shape index (κ3) is 2.27. The molecule has 2 bridgehead atoms. The molecule has 5 heterocycles. The first kappa shape index (κ1) is 15.2. The number of hydrogen-bond donors (Lipinski definition) is 1. The Morgan fingerprint density at radius 3 is 2.72 bits per heavy atom. The largest absolute Gasteiger partial charge is 0.464 e. The van der Waals surface area contributed by atoms with E-state index in [4.69, 9.17) is 14.2 Å². The van der Waals surface area contributed by atoms with E-state index in [-0.39, 0.29) is 11.0 Å². The SMILES string of the molecule is FC(F)(F)c1coc2ccc(C3=N[C@]4(CN5CCC4CC5)ON3)cc12. The van der Waals surface area contributed by atoms with Gasteiger partial charge in [-0.3, -0.25) is 4.90 Å². The number of alkyl halides is 3. The summed E-state index contributed by atoms with van der Waals surface area (Å²) in [5, 5.41) is 0.0318. The fraction of sp³-hybridized carbons (Fsp3) is 0.471. The van der Waals surface area contributed by atoms with Gasteiger partial charge in [0.25, 0.3) is 0 Å². The normalized spacial score (nSPS) is 31.6. The molecule has 5 nitrogen and oxygen atoms in total. The van der Waals surface area contributed by atoms with Gasteiger partial charge in [-0.05, 0) is 44.1 Å². The molecular weight excluding hydrogens is 335 g/mol. The molecule has 0 unspecified atom stereocenters. The highest BCUT2D eigenvalue weighted by Gasteiger charge is 2.51. The Kier molecular flexibility index (Phi) is 3.03. The molecule has 4 aliphatic heterocycles. The molecule has 0 radical (unpaired) electrons. The van der Waals surface area contributed by atoms with Crippen LogP contribution in [0.4, 0.5) is 13.2 Å². The Balaban J connectivity index is 1.54. The molecule has 0 aliphatic carbocycles. The summed E-state index contributed by atoms with van der Waals surface area (Å²) in [6.07, 6.45) is -1.65.